The maximum atomic E-state index is 11.1. The molecule has 0 aliphatic rings. The molecule has 2 amide bonds. The lowest BCUT2D eigenvalue weighted by atomic mass is 10.2. The summed E-state index contributed by atoms with van der Waals surface area (Å²) in [5.74, 6) is -2.99. The van der Waals surface area contributed by atoms with Crippen LogP contribution in [0, 0.1) is 0 Å². The molecule has 0 rings (SSSR count). The lowest BCUT2D eigenvalue weighted by Gasteiger charge is -2.20. The Hall–Kier alpha value is -1.14. The summed E-state index contributed by atoms with van der Waals surface area (Å²) in [6.45, 7) is 1.54. The van der Waals surface area contributed by atoms with Crippen LogP contribution in [0.5, 0.6) is 0 Å². The molecule has 0 atom stereocenters. The number of hydrogen-bond donors (Lipinski definition) is 4. The van der Waals surface area contributed by atoms with Gasteiger partial charge in [-0.15, -0.1) is 0 Å². The van der Waals surface area contributed by atoms with Gasteiger partial charge in [-0.1, -0.05) is 6.92 Å². The van der Waals surface area contributed by atoms with Gasteiger partial charge in [-0.05, 0) is 12.8 Å². The fraction of sp³-hybridized carbons (Fsp3) is 0.778. The molecule has 0 fully saturated rings. The fourth-order valence-corrected chi connectivity index (χ4v) is 0.959. The molecule has 6 nitrogen and oxygen atoms in total. The maximum Gasteiger partial charge on any atom is 0.246 e. The molecule has 0 radical (unpaired) electrons. The Kier molecular flexibility index (Phi) is 5.88. The normalized spacial score (nSPS) is 11.1. The van der Waals surface area contributed by atoms with E-state index in [9.17, 15) is 9.59 Å². The van der Waals surface area contributed by atoms with Crippen LogP contribution in [-0.4, -0.2) is 27.9 Å². The number of nitrogens with two attached hydrogens (primary N) is 1. The molecule has 0 spiro atoms. The molecule has 0 aliphatic heterocycles. The SMILES string of the molecule is CCC(O)(O)NC(=O)CCCCC(N)=O. The number of hydrogen-bond acceptors (Lipinski definition) is 4. The molecule has 0 bridgehead atoms. The molecule has 0 saturated carbocycles. The smallest absolute Gasteiger partial charge is 0.246 e. The van der Waals surface area contributed by atoms with Crippen LogP contribution in [0.25, 0.3) is 0 Å². The minimum atomic E-state index is -2.14. The Labute approximate surface area is 88.5 Å². The van der Waals surface area contributed by atoms with Crippen molar-refractivity contribution >= 4 is 11.8 Å². The summed E-state index contributed by atoms with van der Waals surface area (Å²) in [6, 6.07) is 0. The third-order valence-corrected chi connectivity index (χ3v) is 1.91. The van der Waals surface area contributed by atoms with E-state index >= 15 is 0 Å². The largest absolute Gasteiger partial charge is 0.370 e. The zero-order valence-corrected chi connectivity index (χ0v) is 8.82. The van der Waals surface area contributed by atoms with E-state index in [2.05, 4.69) is 5.32 Å². The Morgan fingerprint density at radius 2 is 1.80 bits per heavy atom. The van der Waals surface area contributed by atoms with Gasteiger partial charge in [0.15, 0.2) is 0 Å². The Balaban J connectivity index is 3.62. The molecule has 5 N–H and O–H groups in total. The van der Waals surface area contributed by atoms with E-state index in [0.29, 0.717) is 12.8 Å². The van der Waals surface area contributed by atoms with Crippen LogP contribution in [0.15, 0.2) is 0 Å². The molecule has 0 unspecified atom stereocenters. The van der Waals surface area contributed by atoms with Crippen LogP contribution in [-0.2, 0) is 9.59 Å². The van der Waals surface area contributed by atoms with Gasteiger partial charge in [-0.25, -0.2) is 0 Å². The molecule has 6 heteroatoms. The topological polar surface area (TPSA) is 113 Å². The number of carbonyl (C=O) groups is 2. The fourth-order valence-electron chi connectivity index (χ4n) is 0.959. The van der Waals surface area contributed by atoms with Gasteiger partial charge >= 0.3 is 0 Å². The van der Waals surface area contributed by atoms with Gasteiger partial charge < -0.3 is 21.3 Å². The van der Waals surface area contributed by atoms with E-state index in [4.69, 9.17) is 15.9 Å². The van der Waals surface area contributed by atoms with Gasteiger partial charge in [0.25, 0.3) is 0 Å². The average Bonchev–Trinajstić information content (AvgIpc) is 2.11. The number of unbranched alkanes of at least 4 members (excludes halogenated alkanes) is 1. The van der Waals surface area contributed by atoms with Crippen LogP contribution < -0.4 is 11.1 Å². The predicted molar refractivity (Wildman–Crippen MR) is 53.3 cm³/mol. The predicted octanol–water partition coefficient (Wildman–Crippen LogP) is -0.803. The molecule has 0 aliphatic carbocycles. The molecule has 0 aromatic rings. The standard InChI is InChI=1S/C9H18N2O4/c1-2-9(14,15)11-8(13)6-4-3-5-7(10)12/h14-15H,2-6H2,1H3,(H2,10,12)(H,11,13). The third-order valence-electron chi connectivity index (χ3n) is 1.91. The maximum absolute atomic E-state index is 11.1. The molecular formula is C9H18N2O4. The molecule has 0 aromatic heterocycles. The monoisotopic (exact) mass is 218 g/mol. The first-order valence-corrected chi connectivity index (χ1v) is 4.91. The third kappa shape index (κ3) is 7.90. The van der Waals surface area contributed by atoms with Crippen LogP contribution in [0.4, 0.5) is 0 Å². The van der Waals surface area contributed by atoms with E-state index in [0.717, 1.165) is 0 Å². The molecule has 0 heterocycles. The van der Waals surface area contributed by atoms with E-state index < -0.39 is 17.7 Å². The van der Waals surface area contributed by atoms with Crippen molar-refractivity contribution in [3.05, 3.63) is 0 Å². The van der Waals surface area contributed by atoms with Gasteiger partial charge in [0, 0.05) is 19.3 Å². The van der Waals surface area contributed by atoms with E-state index in [-0.39, 0.29) is 19.3 Å². The van der Waals surface area contributed by atoms with Crippen molar-refractivity contribution in [2.45, 2.75) is 44.9 Å². The average molecular weight is 218 g/mol. The summed E-state index contributed by atoms with van der Waals surface area (Å²) >= 11 is 0. The van der Waals surface area contributed by atoms with Crippen LogP contribution >= 0.6 is 0 Å². The number of amides is 2. The Morgan fingerprint density at radius 3 is 2.27 bits per heavy atom. The van der Waals surface area contributed by atoms with Crippen LogP contribution in [0.1, 0.15) is 39.0 Å². The summed E-state index contributed by atoms with van der Waals surface area (Å²) in [7, 11) is 0. The van der Waals surface area contributed by atoms with Crippen molar-refractivity contribution in [3.8, 4) is 0 Å². The molecule has 88 valence electrons. The van der Waals surface area contributed by atoms with Crippen LogP contribution in [0.2, 0.25) is 0 Å². The van der Waals surface area contributed by atoms with E-state index in [1.165, 1.54) is 6.92 Å². The summed E-state index contributed by atoms with van der Waals surface area (Å²) in [5.41, 5.74) is 4.91. The van der Waals surface area contributed by atoms with Gasteiger partial charge in [0.05, 0.1) is 0 Å². The summed E-state index contributed by atoms with van der Waals surface area (Å²) in [5, 5.41) is 20.2. The van der Waals surface area contributed by atoms with Gasteiger partial charge in [0.2, 0.25) is 17.7 Å². The minimum absolute atomic E-state index is 0.0139. The first kappa shape index (κ1) is 13.9. The zero-order chi connectivity index (χ0) is 11.9. The van der Waals surface area contributed by atoms with Crippen molar-refractivity contribution in [1.29, 1.82) is 0 Å². The highest BCUT2D eigenvalue weighted by atomic mass is 16.5. The zero-order valence-electron chi connectivity index (χ0n) is 8.82. The van der Waals surface area contributed by atoms with Crippen molar-refractivity contribution in [2.24, 2.45) is 5.73 Å². The number of nitrogens with one attached hydrogen (secondary N) is 1. The highest BCUT2D eigenvalue weighted by Gasteiger charge is 2.21. The number of primary amides is 1. The second-order valence-corrected chi connectivity index (χ2v) is 3.39. The van der Waals surface area contributed by atoms with Gasteiger partial charge in [0.1, 0.15) is 0 Å². The molecule has 15 heavy (non-hydrogen) atoms. The number of aliphatic hydroxyl groups is 2. The van der Waals surface area contributed by atoms with Crippen LogP contribution in [0.3, 0.4) is 0 Å². The van der Waals surface area contributed by atoms with Gasteiger partial charge in [-0.2, -0.15) is 0 Å². The summed E-state index contributed by atoms with van der Waals surface area (Å²) < 4.78 is 0. The Bertz CT molecular complexity index is 228. The van der Waals surface area contributed by atoms with E-state index in [1.807, 2.05) is 0 Å². The molecule has 0 saturated heterocycles. The Morgan fingerprint density at radius 1 is 1.27 bits per heavy atom. The van der Waals surface area contributed by atoms with E-state index in [1.54, 1.807) is 0 Å². The van der Waals surface area contributed by atoms with Gasteiger partial charge in [-0.3, -0.25) is 9.59 Å². The lowest BCUT2D eigenvalue weighted by Crippen LogP contribution is -2.47. The van der Waals surface area contributed by atoms with Crippen molar-refractivity contribution in [3.63, 3.8) is 0 Å². The van der Waals surface area contributed by atoms with Crippen molar-refractivity contribution < 1.29 is 19.8 Å². The molecular weight excluding hydrogens is 200 g/mol. The van der Waals surface area contributed by atoms with Crippen molar-refractivity contribution in [2.75, 3.05) is 0 Å². The number of rotatable bonds is 7. The number of carbonyl (C=O) groups excluding carboxylic acids is 2. The lowest BCUT2D eigenvalue weighted by molar-refractivity contribution is -0.191. The molecule has 0 aromatic carbocycles. The highest BCUT2D eigenvalue weighted by molar-refractivity contribution is 5.76. The highest BCUT2D eigenvalue weighted by Crippen LogP contribution is 2.03. The second kappa shape index (κ2) is 6.36. The first-order valence-electron chi connectivity index (χ1n) is 4.91. The van der Waals surface area contributed by atoms with Crippen molar-refractivity contribution in [1.82, 2.24) is 5.32 Å². The second-order valence-electron chi connectivity index (χ2n) is 3.39. The first-order chi connectivity index (χ1) is 6.87. The summed E-state index contributed by atoms with van der Waals surface area (Å²) in [6.07, 6.45) is 1.42. The summed E-state index contributed by atoms with van der Waals surface area (Å²) in [4.78, 5) is 21.5. The minimum Gasteiger partial charge on any atom is -0.370 e. The quantitative estimate of drug-likeness (QED) is 0.331.